The highest BCUT2D eigenvalue weighted by atomic mass is 35.5. The number of pyridine rings is 1. The predicted octanol–water partition coefficient (Wildman–Crippen LogP) is 3.61. The summed E-state index contributed by atoms with van der Waals surface area (Å²) >= 11 is 5.99. The third-order valence-electron chi connectivity index (χ3n) is 4.18. The first-order valence-corrected chi connectivity index (χ1v) is 8.48. The van der Waals surface area contributed by atoms with Crippen molar-refractivity contribution in [2.45, 2.75) is 32.4 Å². The Hall–Kier alpha value is -2.60. The summed E-state index contributed by atoms with van der Waals surface area (Å²) < 4.78 is 7.56. The molecule has 1 aliphatic rings. The lowest BCUT2D eigenvalue weighted by molar-refractivity contribution is -0.122. The van der Waals surface area contributed by atoms with E-state index in [1.807, 2.05) is 30.7 Å². The highest BCUT2D eigenvalue weighted by Gasteiger charge is 2.29. The van der Waals surface area contributed by atoms with Crippen molar-refractivity contribution in [2.75, 3.05) is 5.32 Å². The highest BCUT2D eigenvalue weighted by Crippen LogP contribution is 2.31. The van der Waals surface area contributed by atoms with Crippen LogP contribution in [0.25, 0.3) is 11.0 Å². The molecule has 1 aliphatic heterocycles. The SMILES string of the molecule is CC(C)n1ncc2cc(NC(=O)[C@H]3Cc4cc(Cl)ccc4O3)cnc21. The molecule has 128 valence electrons. The molecule has 0 fully saturated rings. The number of amides is 1. The van der Waals surface area contributed by atoms with E-state index in [1.165, 1.54) is 0 Å². The average molecular weight is 357 g/mol. The highest BCUT2D eigenvalue weighted by molar-refractivity contribution is 6.30. The number of carbonyl (C=O) groups excluding carboxylic acids is 1. The Bertz CT molecular complexity index is 967. The topological polar surface area (TPSA) is 69.0 Å². The first-order chi connectivity index (χ1) is 12.0. The average Bonchev–Trinajstić information content (AvgIpc) is 3.17. The van der Waals surface area contributed by atoms with E-state index in [1.54, 1.807) is 24.5 Å². The van der Waals surface area contributed by atoms with Gasteiger partial charge in [-0.15, -0.1) is 0 Å². The third-order valence-corrected chi connectivity index (χ3v) is 4.41. The summed E-state index contributed by atoms with van der Waals surface area (Å²) in [5.74, 6) is 0.501. The summed E-state index contributed by atoms with van der Waals surface area (Å²) in [6.45, 7) is 4.09. The van der Waals surface area contributed by atoms with Crippen molar-refractivity contribution < 1.29 is 9.53 Å². The predicted molar refractivity (Wildman–Crippen MR) is 96.1 cm³/mol. The number of nitrogens with one attached hydrogen (secondary N) is 1. The first-order valence-electron chi connectivity index (χ1n) is 8.10. The second-order valence-corrected chi connectivity index (χ2v) is 6.81. The van der Waals surface area contributed by atoms with Gasteiger partial charge in [0.25, 0.3) is 5.91 Å². The van der Waals surface area contributed by atoms with Crippen LogP contribution in [0.3, 0.4) is 0 Å². The van der Waals surface area contributed by atoms with Gasteiger partial charge in [-0.2, -0.15) is 5.10 Å². The molecule has 0 bridgehead atoms. The molecule has 0 radical (unpaired) electrons. The maximum atomic E-state index is 12.5. The van der Waals surface area contributed by atoms with Crippen LogP contribution in [-0.2, 0) is 11.2 Å². The van der Waals surface area contributed by atoms with Crippen molar-refractivity contribution in [3.8, 4) is 5.75 Å². The van der Waals surface area contributed by atoms with Crippen LogP contribution in [0.1, 0.15) is 25.5 Å². The molecule has 3 aromatic rings. The van der Waals surface area contributed by atoms with Crippen molar-refractivity contribution in [3.63, 3.8) is 0 Å². The van der Waals surface area contributed by atoms with Crippen molar-refractivity contribution in [3.05, 3.63) is 47.2 Å². The summed E-state index contributed by atoms with van der Waals surface area (Å²) in [6.07, 6.45) is 3.33. The fraction of sp³-hybridized carbons (Fsp3) is 0.278. The van der Waals surface area contributed by atoms with E-state index >= 15 is 0 Å². The van der Waals surface area contributed by atoms with Crippen LogP contribution in [0, 0.1) is 0 Å². The Balaban J connectivity index is 1.51. The van der Waals surface area contributed by atoms with E-state index < -0.39 is 6.10 Å². The van der Waals surface area contributed by atoms with Crippen LogP contribution in [0.5, 0.6) is 5.75 Å². The Kier molecular flexibility index (Phi) is 3.84. The van der Waals surface area contributed by atoms with Crippen LogP contribution in [0.4, 0.5) is 5.69 Å². The number of benzene rings is 1. The molecule has 0 unspecified atom stereocenters. The van der Waals surface area contributed by atoms with Gasteiger partial charge in [0.1, 0.15) is 5.75 Å². The first kappa shape index (κ1) is 15.9. The normalized spacial score (nSPS) is 16.1. The third kappa shape index (κ3) is 2.93. The minimum atomic E-state index is -0.567. The van der Waals surface area contributed by atoms with Gasteiger partial charge < -0.3 is 10.1 Å². The second-order valence-electron chi connectivity index (χ2n) is 6.37. The molecule has 0 spiro atoms. The van der Waals surface area contributed by atoms with Crippen molar-refractivity contribution in [1.29, 1.82) is 0 Å². The molecule has 1 aromatic carbocycles. The molecule has 1 amide bonds. The van der Waals surface area contributed by atoms with Crippen LogP contribution < -0.4 is 10.1 Å². The lowest BCUT2D eigenvalue weighted by atomic mass is 10.1. The van der Waals surface area contributed by atoms with E-state index in [2.05, 4.69) is 15.4 Å². The van der Waals surface area contributed by atoms with Gasteiger partial charge in [0, 0.05) is 22.9 Å². The fourth-order valence-corrected chi connectivity index (χ4v) is 3.17. The molecule has 0 saturated heterocycles. The number of halogens is 1. The smallest absolute Gasteiger partial charge is 0.265 e. The van der Waals surface area contributed by atoms with Crippen LogP contribution in [0.15, 0.2) is 36.7 Å². The van der Waals surface area contributed by atoms with E-state index in [-0.39, 0.29) is 11.9 Å². The number of fused-ring (bicyclic) bond motifs is 2. The minimum Gasteiger partial charge on any atom is -0.480 e. The van der Waals surface area contributed by atoms with Gasteiger partial charge >= 0.3 is 0 Å². The van der Waals surface area contributed by atoms with Crippen LogP contribution in [0.2, 0.25) is 5.02 Å². The van der Waals surface area contributed by atoms with E-state index in [0.29, 0.717) is 22.9 Å². The Labute approximate surface area is 149 Å². The Morgan fingerprint density at radius 1 is 1.36 bits per heavy atom. The van der Waals surface area contributed by atoms with Crippen molar-refractivity contribution in [2.24, 2.45) is 0 Å². The molecular formula is C18H17ClN4O2. The zero-order valence-corrected chi connectivity index (χ0v) is 14.6. The number of carbonyl (C=O) groups is 1. The Morgan fingerprint density at radius 2 is 2.20 bits per heavy atom. The fourth-order valence-electron chi connectivity index (χ4n) is 2.97. The number of rotatable bonds is 3. The summed E-state index contributed by atoms with van der Waals surface area (Å²) in [6, 6.07) is 7.47. The molecule has 3 heterocycles. The van der Waals surface area contributed by atoms with Gasteiger partial charge in [0.2, 0.25) is 0 Å². The Morgan fingerprint density at radius 3 is 3.00 bits per heavy atom. The lowest BCUT2D eigenvalue weighted by Crippen LogP contribution is -2.31. The van der Waals surface area contributed by atoms with Crippen molar-refractivity contribution in [1.82, 2.24) is 14.8 Å². The van der Waals surface area contributed by atoms with E-state index in [0.717, 1.165) is 16.6 Å². The summed E-state index contributed by atoms with van der Waals surface area (Å²) in [5.41, 5.74) is 2.37. The van der Waals surface area contributed by atoms with Crippen LogP contribution in [-0.4, -0.2) is 26.8 Å². The standard InChI is InChI=1S/C18H17ClN4O2/c1-10(2)23-17-12(8-21-23)6-14(9-20-17)22-18(24)16-7-11-5-13(19)3-4-15(11)25-16/h3-6,8-10,16H,7H2,1-2H3,(H,22,24)/t16-/m1/s1. The van der Waals surface area contributed by atoms with Gasteiger partial charge in [-0.3, -0.25) is 4.79 Å². The maximum Gasteiger partial charge on any atom is 0.265 e. The number of anilines is 1. The molecular weight excluding hydrogens is 340 g/mol. The molecule has 7 heteroatoms. The summed E-state index contributed by atoms with van der Waals surface area (Å²) in [4.78, 5) is 16.9. The monoisotopic (exact) mass is 356 g/mol. The number of hydrogen-bond donors (Lipinski definition) is 1. The zero-order chi connectivity index (χ0) is 17.6. The molecule has 4 rings (SSSR count). The minimum absolute atomic E-state index is 0.204. The molecule has 1 atom stereocenters. The largest absolute Gasteiger partial charge is 0.480 e. The van der Waals surface area contributed by atoms with Crippen LogP contribution >= 0.6 is 11.6 Å². The van der Waals surface area contributed by atoms with Crippen molar-refractivity contribution >= 4 is 34.2 Å². The van der Waals surface area contributed by atoms with Gasteiger partial charge in [-0.05, 0) is 43.7 Å². The quantitative estimate of drug-likeness (QED) is 0.778. The lowest BCUT2D eigenvalue weighted by Gasteiger charge is -2.11. The maximum absolute atomic E-state index is 12.5. The molecule has 0 aliphatic carbocycles. The summed E-state index contributed by atoms with van der Waals surface area (Å²) in [5, 5.41) is 8.72. The van der Waals surface area contributed by atoms with Gasteiger partial charge in [-0.1, -0.05) is 11.6 Å². The molecule has 2 aromatic heterocycles. The van der Waals surface area contributed by atoms with E-state index in [4.69, 9.17) is 16.3 Å². The zero-order valence-electron chi connectivity index (χ0n) is 13.9. The molecule has 6 nitrogen and oxygen atoms in total. The number of aromatic nitrogens is 3. The number of ether oxygens (including phenoxy) is 1. The number of hydrogen-bond acceptors (Lipinski definition) is 4. The number of nitrogens with zero attached hydrogens (tertiary/aromatic N) is 3. The molecule has 25 heavy (non-hydrogen) atoms. The van der Waals surface area contributed by atoms with Gasteiger partial charge in [0.15, 0.2) is 11.8 Å². The second kappa shape index (κ2) is 6.04. The van der Waals surface area contributed by atoms with E-state index in [9.17, 15) is 4.79 Å². The van der Waals surface area contributed by atoms with Gasteiger partial charge in [0.05, 0.1) is 18.1 Å². The molecule has 0 saturated carbocycles. The van der Waals surface area contributed by atoms with Gasteiger partial charge in [-0.25, -0.2) is 9.67 Å². The molecule has 1 N–H and O–H groups in total. The summed E-state index contributed by atoms with van der Waals surface area (Å²) in [7, 11) is 0.